The quantitative estimate of drug-likeness (QED) is 0.281. The molecule has 0 aliphatic carbocycles. The topological polar surface area (TPSA) is 87.1 Å². The molecule has 186 valence electrons. The van der Waals surface area contributed by atoms with Crippen molar-refractivity contribution in [1.29, 1.82) is 0 Å². The van der Waals surface area contributed by atoms with Crippen molar-refractivity contribution in [2.45, 2.75) is 32.2 Å². The third kappa shape index (κ3) is 4.30. The van der Waals surface area contributed by atoms with E-state index in [2.05, 4.69) is 0 Å². The Morgan fingerprint density at radius 3 is 2.25 bits per heavy atom. The lowest BCUT2D eigenvalue weighted by Gasteiger charge is -2.26. The number of carbonyl (C=O) groups excluding carboxylic acids is 2. The van der Waals surface area contributed by atoms with E-state index >= 15 is 0 Å². The molecule has 1 aliphatic heterocycles. The molecule has 0 bridgehead atoms. The number of carbonyl (C=O) groups is 2. The van der Waals surface area contributed by atoms with Gasteiger partial charge in [-0.25, -0.2) is 8.78 Å². The van der Waals surface area contributed by atoms with Crippen LogP contribution in [0.3, 0.4) is 0 Å². The second-order valence-corrected chi connectivity index (χ2v) is 9.52. The summed E-state index contributed by atoms with van der Waals surface area (Å²) in [5.41, 5.74) is 0.212. The van der Waals surface area contributed by atoms with Gasteiger partial charge in [0.15, 0.2) is 0 Å². The number of Topliss-reactive ketones (excluding diaryl/α,β-unsaturated/α-hetero) is 1. The van der Waals surface area contributed by atoms with Crippen molar-refractivity contribution in [2.24, 2.45) is 0 Å². The maximum Gasteiger partial charge on any atom is 0.300 e. The van der Waals surface area contributed by atoms with E-state index in [1.807, 2.05) is 26.8 Å². The van der Waals surface area contributed by atoms with Crippen LogP contribution in [0.1, 0.15) is 43.5 Å². The molecule has 36 heavy (non-hydrogen) atoms. The number of benzene rings is 3. The monoisotopic (exact) mass is 493 g/mol. The standard InChI is InChI=1S/C28H25F2NO5/c1-28(2,3)16-7-12-22(36-4)19(13-16)25(33)23-24(15-5-9-18(32)10-6-15)31(27(35)26(23)34)21-14-17(29)8-11-20(21)30/h5-14,24,32-33H,1-4H3/b25-23+. The van der Waals surface area contributed by atoms with Gasteiger partial charge in [-0.05, 0) is 52.9 Å². The molecule has 3 aromatic rings. The second-order valence-electron chi connectivity index (χ2n) is 9.52. The predicted molar refractivity (Wildman–Crippen MR) is 131 cm³/mol. The SMILES string of the molecule is COc1ccc(C(C)(C)C)cc1/C(O)=C1\C(=O)C(=O)N(c2cc(F)ccc2F)C1c1ccc(O)cc1. The van der Waals surface area contributed by atoms with Gasteiger partial charge >= 0.3 is 0 Å². The molecule has 1 amide bonds. The number of aliphatic hydroxyl groups excluding tert-OH is 1. The summed E-state index contributed by atoms with van der Waals surface area (Å²) in [6, 6.07) is 11.9. The molecule has 1 aliphatic rings. The number of methoxy groups -OCH3 is 1. The molecule has 4 rings (SSSR count). The van der Waals surface area contributed by atoms with Crippen molar-refractivity contribution in [1.82, 2.24) is 0 Å². The van der Waals surface area contributed by atoms with Crippen molar-refractivity contribution < 1.29 is 33.3 Å². The number of nitrogens with zero attached hydrogens (tertiary/aromatic N) is 1. The van der Waals surface area contributed by atoms with Gasteiger partial charge in [0.1, 0.15) is 28.9 Å². The highest BCUT2D eigenvalue weighted by Crippen LogP contribution is 2.44. The average Bonchev–Trinajstić information content (AvgIpc) is 3.10. The van der Waals surface area contributed by atoms with E-state index in [4.69, 9.17) is 4.74 Å². The third-order valence-electron chi connectivity index (χ3n) is 6.14. The molecule has 0 saturated carbocycles. The lowest BCUT2D eigenvalue weighted by atomic mass is 9.85. The summed E-state index contributed by atoms with van der Waals surface area (Å²) in [5, 5.41) is 21.2. The van der Waals surface area contributed by atoms with Crippen molar-refractivity contribution in [3.05, 3.63) is 94.6 Å². The Kier molecular flexibility index (Phi) is 6.30. The Balaban J connectivity index is 2.02. The number of amides is 1. The minimum absolute atomic E-state index is 0.0767. The van der Waals surface area contributed by atoms with Crippen molar-refractivity contribution >= 4 is 23.1 Å². The minimum atomic E-state index is -1.30. The number of hydrogen-bond acceptors (Lipinski definition) is 5. The zero-order valence-electron chi connectivity index (χ0n) is 20.2. The van der Waals surface area contributed by atoms with E-state index in [1.54, 1.807) is 12.1 Å². The molecule has 8 heteroatoms. The van der Waals surface area contributed by atoms with Gasteiger partial charge in [-0.1, -0.05) is 39.0 Å². The number of hydrogen-bond donors (Lipinski definition) is 2. The summed E-state index contributed by atoms with van der Waals surface area (Å²) in [5.74, 6) is -4.27. The molecule has 0 aromatic heterocycles. The van der Waals surface area contributed by atoms with Crippen LogP contribution in [-0.4, -0.2) is 29.0 Å². The van der Waals surface area contributed by atoms with Gasteiger partial charge in [0, 0.05) is 6.07 Å². The minimum Gasteiger partial charge on any atom is -0.508 e. The molecule has 1 saturated heterocycles. The summed E-state index contributed by atoms with van der Waals surface area (Å²) in [7, 11) is 1.40. The van der Waals surface area contributed by atoms with Crippen LogP contribution in [0.4, 0.5) is 14.5 Å². The van der Waals surface area contributed by atoms with Crippen LogP contribution in [-0.2, 0) is 15.0 Å². The van der Waals surface area contributed by atoms with Gasteiger partial charge in [0.2, 0.25) is 0 Å². The van der Waals surface area contributed by atoms with E-state index in [9.17, 15) is 28.6 Å². The maximum absolute atomic E-state index is 14.8. The molecule has 1 fully saturated rings. The molecule has 2 N–H and O–H groups in total. The number of halogens is 2. The smallest absolute Gasteiger partial charge is 0.300 e. The molecule has 3 aromatic carbocycles. The Hall–Kier alpha value is -4.20. The summed E-state index contributed by atoms with van der Waals surface area (Å²) in [4.78, 5) is 27.3. The summed E-state index contributed by atoms with van der Waals surface area (Å²) < 4.78 is 34.3. The van der Waals surface area contributed by atoms with Crippen molar-refractivity contribution in [2.75, 3.05) is 12.0 Å². The van der Waals surface area contributed by atoms with Crippen LogP contribution >= 0.6 is 0 Å². The van der Waals surface area contributed by atoms with Gasteiger partial charge in [-0.15, -0.1) is 0 Å². The summed E-state index contributed by atoms with van der Waals surface area (Å²) in [6.07, 6.45) is 0. The molecule has 0 spiro atoms. The Bertz CT molecular complexity index is 1390. The van der Waals surface area contributed by atoms with Gasteiger partial charge < -0.3 is 14.9 Å². The molecule has 1 unspecified atom stereocenters. The van der Waals surface area contributed by atoms with E-state index in [1.165, 1.54) is 31.4 Å². The van der Waals surface area contributed by atoms with Gasteiger partial charge in [0.25, 0.3) is 11.7 Å². The van der Waals surface area contributed by atoms with Gasteiger partial charge in [-0.3, -0.25) is 14.5 Å². The maximum atomic E-state index is 14.8. The van der Waals surface area contributed by atoms with Crippen LogP contribution in [0.15, 0.2) is 66.2 Å². The van der Waals surface area contributed by atoms with Gasteiger partial charge in [0.05, 0.1) is 30.0 Å². The predicted octanol–water partition coefficient (Wildman–Crippen LogP) is 5.60. The summed E-state index contributed by atoms with van der Waals surface area (Å²) >= 11 is 0. The first kappa shape index (κ1) is 24.9. The normalized spacial score (nSPS) is 17.5. The fraction of sp³-hybridized carbons (Fsp3) is 0.214. The lowest BCUT2D eigenvalue weighted by Crippen LogP contribution is -2.30. The zero-order valence-corrected chi connectivity index (χ0v) is 20.2. The Morgan fingerprint density at radius 1 is 0.972 bits per heavy atom. The van der Waals surface area contributed by atoms with Crippen LogP contribution < -0.4 is 9.64 Å². The number of aromatic hydroxyl groups is 1. The number of ether oxygens (including phenoxy) is 1. The van der Waals surface area contributed by atoms with Crippen LogP contribution in [0.25, 0.3) is 5.76 Å². The number of aliphatic hydroxyl groups is 1. The number of phenols is 1. The van der Waals surface area contributed by atoms with E-state index in [0.717, 1.165) is 28.7 Å². The fourth-order valence-electron chi connectivity index (χ4n) is 4.23. The molecule has 6 nitrogen and oxygen atoms in total. The fourth-order valence-corrected chi connectivity index (χ4v) is 4.23. The first-order valence-electron chi connectivity index (χ1n) is 11.2. The summed E-state index contributed by atoms with van der Waals surface area (Å²) in [6.45, 7) is 5.92. The largest absolute Gasteiger partial charge is 0.508 e. The van der Waals surface area contributed by atoms with E-state index < -0.39 is 40.8 Å². The highest BCUT2D eigenvalue weighted by Gasteiger charge is 2.48. The molecular formula is C28H25F2NO5. The van der Waals surface area contributed by atoms with Gasteiger partial charge in [-0.2, -0.15) is 0 Å². The second kappa shape index (κ2) is 9.11. The third-order valence-corrected chi connectivity index (χ3v) is 6.14. The van der Waals surface area contributed by atoms with E-state index in [0.29, 0.717) is 5.56 Å². The Morgan fingerprint density at radius 2 is 1.64 bits per heavy atom. The highest BCUT2D eigenvalue weighted by molar-refractivity contribution is 6.51. The highest BCUT2D eigenvalue weighted by atomic mass is 19.1. The molecular weight excluding hydrogens is 468 g/mol. The first-order chi connectivity index (χ1) is 16.9. The van der Waals surface area contributed by atoms with Crippen molar-refractivity contribution in [3.8, 4) is 11.5 Å². The molecule has 1 heterocycles. The van der Waals surface area contributed by atoms with Crippen LogP contribution in [0, 0.1) is 11.6 Å². The van der Waals surface area contributed by atoms with Crippen molar-refractivity contribution in [3.63, 3.8) is 0 Å². The Labute approximate surface area is 207 Å². The number of ketones is 1. The number of anilines is 1. The van der Waals surface area contributed by atoms with E-state index in [-0.39, 0.29) is 28.1 Å². The van der Waals surface area contributed by atoms with Crippen LogP contribution in [0.5, 0.6) is 11.5 Å². The van der Waals surface area contributed by atoms with Crippen LogP contribution in [0.2, 0.25) is 0 Å². The number of phenolic OH excluding ortho intramolecular Hbond substituents is 1. The molecule has 1 atom stereocenters. The first-order valence-corrected chi connectivity index (χ1v) is 11.2. The molecule has 0 radical (unpaired) electrons. The number of rotatable bonds is 4. The average molecular weight is 494 g/mol. The zero-order chi connectivity index (χ0) is 26.4. The lowest BCUT2D eigenvalue weighted by molar-refractivity contribution is -0.132.